The molecule has 3 rings (SSSR count). The fourth-order valence-electron chi connectivity index (χ4n) is 4.56. The molecule has 36 heavy (non-hydrogen) atoms. The SMILES string of the molecule is CCC(C(=O)NC1CCCCC1)N(Cc1ccccc1C)C(=O)COc1ccc([N+](=O)[O-])c(OC)c1. The molecule has 0 aliphatic heterocycles. The van der Waals surface area contributed by atoms with Crippen molar-refractivity contribution < 1.29 is 24.0 Å². The van der Waals surface area contributed by atoms with Gasteiger partial charge in [-0.1, -0.05) is 50.5 Å². The predicted molar refractivity (Wildman–Crippen MR) is 136 cm³/mol. The van der Waals surface area contributed by atoms with E-state index < -0.39 is 11.0 Å². The van der Waals surface area contributed by atoms with Gasteiger partial charge in [-0.3, -0.25) is 19.7 Å². The molecule has 2 aromatic rings. The molecule has 1 N–H and O–H groups in total. The number of amides is 2. The number of nitro groups is 1. The van der Waals surface area contributed by atoms with Crippen molar-refractivity contribution in [1.29, 1.82) is 0 Å². The van der Waals surface area contributed by atoms with Crippen molar-refractivity contribution in [3.8, 4) is 11.5 Å². The van der Waals surface area contributed by atoms with E-state index in [0.717, 1.165) is 36.8 Å². The molecule has 0 bridgehead atoms. The normalized spacial score (nSPS) is 14.5. The molecule has 1 aliphatic rings. The van der Waals surface area contributed by atoms with Crippen molar-refractivity contribution in [3.63, 3.8) is 0 Å². The maximum absolute atomic E-state index is 13.4. The zero-order valence-electron chi connectivity index (χ0n) is 21.2. The van der Waals surface area contributed by atoms with Crippen LogP contribution >= 0.6 is 0 Å². The van der Waals surface area contributed by atoms with Crippen LogP contribution in [0.1, 0.15) is 56.6 Å². The molecule has 0 heterocycles. The molecular formula is C27H35N3O6. The van der Waals surface area contributed by atoms with Gasteiger partial charge >= 0.3 is 5.69 Å². The number of nitro benzene ring substituents is 1. The van der Waals surface area contributed by atoms with Crippen LogP contribution < -0.4 is 14.8 Å². The molecule has 1 atom stereocenters. The number of hydrogen-bond donors (Lipinski definition) is 1. The number of nitrogens with zero attached hydrogens (tertiary/aromatic N) is 2. The predicted octanol–water partition coefficient (Wildman–Crippen LogP) is 4.55. The largest absolute Gasteiger partial charge is 0.490 e. The van der Waals surface area contributed by atoms with E-state index in [9.17, 15) is 19.7 Å². The van der Waals surface area contributed by atoms with Gasteiger partial charge in [-0.05, 0) is 43.4 Å². The minimum absolute atomic E-state index is 0.0417. The Kier molecular flexibility index (Phi) is 9.67. The molecule has 0 radical (unpaired) electrons. The highest BCUT2D eigenvalue weighted by atomic mass is 16.6. The van der Waals surface area contributed by atoms with Crippen LogP contribution in [0, 0.1) is 17.0 Å². The number of aryl methyl sites for hydroxylation is 1. The quantitative estimate of drug-likeness (QED) is 0.360. The zero-order chi connectivity index (χ0) is 26.1. The summed E-state index contributed by atoms with van der Waals surface area (Å²) in [5.74, 6) is -0.189. The molecule has 2 aromatic carbocycles. The lowest BCUT2D eigenvalue weighted by Gasteiger charge is -2.33. The lowest BCUT2D eigenvalue weighted by atomic mass is 9.95. The van der Waals surface area contributed by atoms with Gasteiger partial charge < -0.3 is 19.7 Å². The highest BCUT2D eigenvalue weighted by Gasteiger charge is 2.31. The zero-order valence-corrected chi connectivity index (χ0v) is 21.2. The van der Waals surface area contributed by atoms with Crippen LogP contribution in [0.4, 0.5) is 5.69 Å². The van der Waals surface area contributed by atoms with Crippen LogP contribution in [-0.2, 0) is 16.1 Å². The summed E-state index contributed by atoms with van der Waals surface area (Å²) in [5, 5.41) is 14.3. The fraction of sp³-hybridized carbons (Fsp3) is 0.481. The van der Waals surface area contributed by atoms with E-state index in [1.54, 1.807) is 4.90 Å². The standard InChI is InChI=1S/C27H35N3O6/c1-4-23(27(32)28-21-12-6-5-7-13-21)29(17-20-11-9-8-10-19(20)2)26(31)18-36-22-14-15-24(30(33)34)25(16-22)35-3/h8-11,14-16,21,23H,4-7,12-13,17-18H2,1-3H3,(H,28,32). The molecule has 0 saturated heterocycles. The molecule has 1 aliphatic carbocycles. The number of methoxy groups -OCH3 is 1. The third-order valence-electron chi connectivity index (χ3n) is 6.65. The van der Waals surface area contributed by atoms with E-state index in [1.807, 2.05) is 38.1 Å². The number of benzene rings is 2. The lowest BCUT2D eigenvalue weighted by molar-refractivity contribution is -0.385. The van der Waals surface area contributed by atoms with Gasteiger partial charge in [0.1, 0.15) is 11.8 Å². The number of carbonyl (C=O) groups is 2. The summed E-state index contributed by atoms with van der Waals surface area (Å²) in [5.41, 5.74) is 1.79. The molecular weight excluding hydrogens is 462 g/mol. The van der Waals surface area contributed by atoms with E-state index >= 15 is 0 Å². The average Bonchev–Trinajstić information content (AvgIpc) is 2.88. The lowest BCUT2D eigenvalue weighted by Crippen LogP contribution is -2.52. The van der Waals surface area contributed by atoms with Gasteiger partial charge in [0.15, 0.2) is 6.61 Å². The van der Waals surface area contributed by atoms with Crippen LogP contribution in [0.3, 0.4) is 0 Å². The number of ether oxygens (including phenoxy) is 2. The van der Waals surface area contributed by atoms with Gasteiger partial charge in [0.2, 0.25) is 11.7 Å². The number of hydrogen-bond acceptors (Lipinski definition) is 6. The second-order valence-corrected chi connectivity index (χ2v) is 9.10. The number of rotatable bonds is 11. The van der Waals surface area contributed by atoms with Crippen molar-refractivity contribution in [2.24, 2.45) is 0 Å². The van der Waals surface area contributed by atoms with Gasteiger partial charge in [-0.15, -0.1) is 0 Å². The third kappa shape index (κ3) is 6.96. The Morgan fingerprint density at radius 1 is 1.17 bits per heavy atom. The maximum Gasteiger partial charge on any atom is 0.311 e. The second kappa shape index (κ2) is 12.9. The smallest absolute Gasteiger partial charge is 0.311 e. The van der Waals surface area contributed by atoms with Crippen molar-refractivity contribution in [3.05, 3.63) is 63.7 Å². The molecule has 1 saturated carbocycles. The van der Waals surface area contributed by atoms with Gasteiger partial charge in [0, 0.05) is 24.7 Å². The Balaban J connectivity index is 1.79. The minimum Gasteiger partial charge on any atom is -0.490 e. The van der Waals surface area contributed by atoms with Gasteiger partial charge in [0.05, 0.1) is 12.0 Å². The maximum atomic E-state index is 13.4. The Bertz CT molecular complexity index is 1070. The van der Waals surface area contributed by atoms with E-state index in [4.69, 9.17) is 9.47 Å². The fourth-order valence-corrected chi connectivity index (χ4v) is 4.56. The first-order chi connectivity index (χ1) is 17.3. The molecule has 194 valence electrons. The van der Waals surface area contributed by atoms with Gasteiger partial charge in [-0.25, -0.2) is 0 Å². The van der Waals surface area contributed by atoms with Gasteiger partial charge in [-0.2, -0.15) is 0 Å². The molecule has 9 nitrogen and oxygen atoms in total. The molecule has 1 unspecified atom stereocenters. The average molecular weight is 498 g/mol. The second-order valence-electron chi connectivity index (χ2n) is 9.10. The molecule has 1 fully saturated rings. The van der Waals surface area contributed by atoms with Crippen LogP contribution in [0.25, 0.3) is 0 Å². The molecule has 2 amide bonds. The molecule has 0 spiro atoms. The monoisotopic (exact) mass is 497 g/mol. The Labute approximate surface area is 211 Å². The Morgan fingerprint density at radius 2 is 1.89 bits per heavy atom. The number of nitrogens with one attached hydrogen (secondary N) is 1. The van der Waals surface area contributed by atoms with E-state index in [0.29, 0.717) is 6.42 Å². The van der Waals surface area contributed by atoms with Crippen molar-refractivity contribution in [2.45, 2.75) is 71.0 Å². The van der Waals surface area contributed by atoms with Gasteiger partial charge in [0.25, 0.3) is 5.91 Å². The highest BCUT2D eigenvalue weighted by Crippen LogP contribution is 2.31. The van der Waals surface area contributed by atoms with Crippen LogP contribution in [-0.4, -0.2) is 47.4 Å². The van der Waals surface area contributed by atoms with Crippen LogP contribution in [0.5, 0.6) is 11.5 Å². The van der Waals surface area contributed by atoms with E-state index in [1.165, 1.54) is 31.7 Å². The van der Waals surface area contributed by atoms with E-state index in [-0.39, 0.29) is 48.2 Å². The minimum atomic E-state index is -0.644. The summed E-state index contributed by atoms with van der Waals surface area (Å²) >= 11 is 0. The highest BCUT2D eigenvalue weighted by molar-refractivity contribution is 5.88. The summed E-state index contributed by atoms with van der Waals surface area (Å²) in [4.78, 5) is 38.9. The summed E-state index contributed by atoms with van der Waals surface area (Å²) in [6.45, 7) is 3.82. The van der Waals surface area contributed by atoms with Crippen LogP contribution in [0.15, 0.2) is 42.5 Å². The first-order valence-corrected chi connectivity index (χ1v) is 12.4. The Morgan fingerprint density at radius 3 is 2.53 bits per heavy atom. The first-order valence-electron chi connectivity index (χ1n) is 12.4. The van der Waals surface area contributed by atoms with Crippen molar-refractivity contribution >= 4 is 17.5 Å². The first kappa shape index (κ1) is 27.0. The van der Waals surface area contributed by atoms with Crippen molar-refractivity contribution in [2.75, 3.05) is 13.7 Å². The third-order valence-corrected chi connectivity index (χ3v) is 6.65. The van der Waals surface area contributed by atoms with Crippen molar-refractivity contribution in [1.82, 2.24) is 10.2 Å². The summed E-state index contributed by atoms with van der Waals surface area (Å²) in [6, 6.07) is 11.3. The Hall–Kier alpha value is -3.62. The summed E-state index contributed by atoms with van der Waals surface area (Å²) in [7, 11) is 1.33. The topological polar surface area (TPSA) is 111 Å². The number of carbonyl (C=O) groups excluding carboxylic acids is 2. The summed E-state index contributed by atoms with van der Waals surface area (Å²) < 4.78 is 10.8. The molecule has 9 heteroatoms. The van der Waals surface area contributed by atoms with Crippen LogP contribution in [0.2, 0.25) is 0 Å². The summed E-state index contributed by atoms with van der Waals surface area (Å²) in [6.07, 6.45) is 5.76. The molecule has 0 aromatic heterocycles. The van der Waals surface area contributed by atoms with E-state index in [2.05, 4.69) is 5.32 Å².